The Morgan fingerprint density at radius 2 is 1.52 bits per heavy atom. The predicted octanol–water partition coefficient (Wildman–Crippen LogP) is 3.80. The third kappa shape index (κ3) is 4.12. The van der Waals surface area contributed by atoms with Crippen molar-refractivity contribution in [2.24, 2.45) is 0 Å². The van der Waals surface area contributed by atoms with E-state index in [-0.39, 0.29) is 21.9 Å². The van der Waals surface area contributed by atoms with Crippen LogP contribution in [0, 0.1) is 0 Å². The van der Waals surface area contributed by atoms with Gasteiger partial charge in [-0.05, 0) is 35.4 Å². The largest absolute Gasteiger partial charge is 0.502 e. The molecule has 7 nitrogen and oxygen atoms in total. The van der Waals surface area contributed by atoms with Gasteiger partial charge < -0.3 is 14.7 Å². The average Bonchev–Trinajstić information content (AvgIpc) is 3.10. The number of rotatable bonds is 6. The highest BCUT2D eigenvalue weighted by atomic mass is 32.2. The molecule has 0 radical (unpaired) electrons. The van der Waals surface area contributed by atoms with E-state index in [9.17, 15) is 23.1 Å². The Hall–Kier alpha value is -3.91. The number of carbonyl (C=O) groups excluding carboxylic acids is 2. The van der Waals surface area contributed by atoms with E-state index < -0.39 is 33.5 Å². The fourth-order valence-corrected chi connectivity index (χ4v) is 5.49. The smallest absolute Gasteiger partial charge is 0.337 e. The Morgan fingerprint density at radius 3 is 2.09 bits per heavy atom. The zero-order valence-corrected chi connectivity index (χ0v) is 18.5. The molecular formula is C25H21NO6S. The molecule has 1 amide bonds. The summed E-state index contributed by atoms with van der Waals surface area (Å²) in [6, 6.07) is 21.8. The highest BCUT2D eigenvalue weighted by Gasteiger charge is 2.46. The zero-order chi connectivity index (χ0) is 23.6. The molecule has 1 N–H and O–H groups in total. The molecule has 0 bridgehead atoms. The lowest BCUT2D eigenvalue weighted by atomic mass is 10.0. The minimum atomic E-state index is -4.20. The van der Waals surface area contributed by atoms with E-state index in [0.29, 0.717) is 5.56 Å². The topological polar surface area (TPSA) is 101 Å². The number of benzene rings is 3. The summed E-state index contributed by atoms with van der Waals surface area (Å²) in [5.41, 5.74) is 1.49. The van der Waals surface area contributed by atoms with Gasteiger partial charge in [0.25, 0.3) is 5.91 Å². The van der Waals surface area contributed by atoms with Crippen LogP contribution in [0.25, 0.3) is 0 Å². The predicted molar refractivity (Wildman–Crippen MR) is 121 cm³/mol. The van der Waals surface area contributed by atoms with E-state index in [4.69, 9.17) is 4.74 Å². The highest BCUT2D eigenvalue weighted by molar-refractivity contribution is 7.95. The fourth-order valence-electron chi connectivity index (χ4n) is 3.82. The van der Waals surface area contributed by atoms with E-state index in [1.54, 1.807) is 30.3 Å². The van der Waals surface area contributed by atoms with Gasteiger partial charge in [-0.25, -0.2) is 13.2 Å². The van der Waals surface area contributed by atoms with Crippen LogP contribution >= 0.6 is 0 Å². The minimum absolute atomic E-state index is 0.0305. The van der Waals surface area contributed by atoms with Crippen molar-refractivity contribution in [3.8, 4) is 0 Å². The van der Waals surface area contributed by atoms with Crippen molar-refractivity contribution in [3.63, 3.8) is 0 Å². The Labute approximate surface area is 191 Å². The van der Waals surface area contributed by atoms with Gasteiger partial charge in [-0.2, -0.15) is 0 Å². The molecule has 0 spiro atoms. The van der Waals surface area contributed by atoms with Crippen molar-refractivity contribution in [2.75, 3.05) is 7.11 Å². The minimum Gasteiger partial charge on any atom is -0.502 e. The SMILES string of the molecule is COC(=O)c1ccc([C@@H]2C(S(=O)(=O)c3ccccc3)=C(O)C(=O)N2Cc2ccccc2)cc1. The fraction of sp³-hybridized carbons (Fsp3) is 0.120. The van der Waals surface area contributed by atoms with Crippen molar-refractivity contribution >= 4 is 21.7 Å². The van der Waals surface area contributed by atoms with Gasteiger partial charge in [-0.1, -0.05) is 60.7 Å². The van der Waals surface area contributed by atoms with Gasteiger partial charge in [-0.3, -0.25) is 4.79 Å². The lowest BCUT2D eigenvalue weighted by Gasteiger charge is -2.27. The molecule has 4 rings (SSSR count). The highest BCUT2D eigenvalue weighted by Crippen LogP contribution is 2.43. The molecule has 1 aliphatic heterocycles. The Kier molecular flexibility index (Phi) is 6.02. The molecular weight excluding hydrogens is 442 g/mol. The number of nitrogens with zero attached hydrogens (tertiary/aromatic N) is 1. The van der Waals surface area contributed by atoms with Gasteiger partial charge in [-0.15, -0.1) is 0 Å². The molecule has 0 unspecified atom stereocenters. The number of methoxy groups -OCH3 is 1. The quantitative estimate of drug-likeness (QED) is 0.558. The van der Waals surface area contributed by atoms with Crippen LogP contribution in [0.2, 0.25) is 0 Å². The summed E-state index contributed by atoms with van der Waals surface area (Å²) in [5, 5.41) is 10.8. The van der Waals surface area contributed by atoms with Crippen LogP contribution in [0.1, 0.15) is 27.5 Å². The summed E-state index contributed by atoms with van der Waals surface area (Å²) in [6.07, 6.45) is 0. The molecule has 3 aromatic rings. The molecule has 33 heavy (non-hydrogen) atoms. The lowest BCUT2D eigenvalue weighted by Crippen LogP contribution is -2.30. The summed E-state index contributed by atoms with van der Waals surface area (Å²) in [7, 11) is -2.94. The normalized spacial score (nSPS) is 16.2. The first-order valence-electron chi connectivity index (χ1n) is 10.1. The van der Waals surface area contributed by atoms with E-state index in [2.05, 4.69) is 0 Å². The van der Waals surface area contributed by atoms with Gasteiger partial charge in [0.15, 0.2) is 5.76 Å². The van der Waals surface area contributed by atoms with E-state index in [1.165, 1.54) is 36.3 Å². The first-order valence-corrected chi connectivity index (χ1v) is 11.6. The summed E-state index contributed by atoms with van der Waals surface area (Å²) in [6.45, 7) is 0.0843. The lowest BCUT2D eigenvalue weighted by molar-refractivity contribution is -0.130. The molecule has 0 saturated carbocycles. The molecule has 0 aliphatic carbocycles. The van der Waals surface area contributed by atoms with Crippen molar-refractivity contribution in [2.45, 2.75) is 17.5 Å². The molecule has 0 saturated heterocycles. The second-order valence-corrected chi connectivity index (χ2v) is 9.38. The Morgan fingerprint density at radius 1 is 0.939 bits per heavy atom. The number of sulfone groups is 1. The summed E-state index contributed by atoms with van der Waals surface area (Å²) in [4.78, 5) is 25.8. The second kappa shape index (κ2) is 8.91. The van der Waals surface area contributed by atoms with Crippen LogP contribution in [0.4, 0.5) is 0 Å². The monoisotopic (exact) mass is 463 g/mol. The van der Waals surface area contributed by atoms with E-state index >= 15 is 0 Å². The molecule has 1 heterocycles. The Balaban J connectivity index is 1.84. The Bertz CT molecular complexity index is 1320. The third-order valence-corrected chi connectivity index (χ3v) is 7.33. The van der Waals surface area contributed by atoms with Crippen LogP contribution in [-0.4, -0.2) is 37.4 Å². The molecule has 1 aliphatic rings. The molecule has 0 aromatic heterocycles. The third-order valence-electron chi connectivity index (χ3n) is 5.44. The van der Waals surface area contributed by atoms with Crippen molar-refractivity contribution in [1.82, 2.24) is 4.90 Å². The molecule has 168 valence electrons. The average molecular weight is 464 g/mol. The van der Waals surface area contributed by atoms with Crippen LogP contribution in [0.3, 0.4) is 0 Å². The maximum atomic E-state index is 13.5. The van der Waals surface area contributed by atoms with Crippen molar-refractivity contribution < 1.29 is 27.9 Å². The van der Waals surface area contributed by atoms with E-state index in [0.717, 1.165) is 5.56 Å². The number of aliphatic hydroxyl groups excluding tert-OH is 1. The maximum absolute atomic E-state index is 13.5. The summed E-state index contributed by atoms with van der Waals surface area (Å²) in [5.74, 6) is -2.13. The molecule has 3 aromatic carbocycles. The van der Waals surface area contributed by atoms with Crippen LogP contribution in [-0.2, 0) is 25.9 Å². The van der Waals surface area contributed by atoms with Crippen LogP contribution in [0.5, 0.6) is 0 Å². The maximum Gasteiger partial charge on any atom is 0.337 e. The number of amides is 1. The number of carbonyl (C=O) groups is 2. The first kappa shape index (κ1) is 22.3. The van der Waals surface area contributed by atoms with Gasteiger partial charge in [0.2, 0.25) is 9.84 Å². The number of aliphatic hydroxyl groups is 1. The van der Waals surface area contributed by atoms with Gasteiger partial charge in [0, 0.05) is 6.54 Å². The first-order chi connectivity index (χ1) is 15.8. The number of ether oxygens (including phenoxy) is 1. The van der Waals surface area contributed by atoms with Gasteiger partial charge in [0.05, 0.1) is 23.6 Å². The number of esters is 1. The zero-order valence-electron chi connectivity index (χ0n) is 17.7. The van der Waals surface area contributed by atoms with Crippen LogP contribution < -0.4 is 0 Å². The second-order valence-electron chi connectivity index (χ2n) is 7.46. The summed E-state index contributed by atoms with van der Waals surface area (Å²) >= 11 is 0. The van der Waals surface area contributed by atoms with Gasteiger partial charge in [0.1, 0.15) is 4.91 Å². The number of hydrogen-bond donors (Lipinski definition) is 1. The number of hydrogen-bond acceptors (Lipinski definition) is 6. The van der Waals surface area contributed by atoms with Crippen molar-refractivity contribution in [3.05, 3.63) is 112 Å². The van der Waals surface area contributed by atoms with Gasteiger partial charge >= 0.3 is 5.97 Å². The molecule has 0 fully saturated rings. The van der Waals surface area contributed by atoms with E-state index in [1.807, 2.05) is 30.3 Å². The standard InChI is InChI=1S/C25H21NO6S/c1-32-25(29)19-14-12-18(13-15-19)21-23(33(30,31)20-10-6-3-7-11-20)22(27)24(28)26(21)16-17-8-4-2-5-9-17/h2-15,21,27H,16H2,1H3/t21-/m1/s1. The molecule has 1 atom stereocenters. The summed E-state index contributed by atoms with van der Waals surface area (Å²) < 4.78 is 31.8. The van der Waals surface area contributed by atoms with Crippen LogP contribution in [0.15, 0.2) is 100 Å². The molecule has 8 heteroatoms. The van der Waals surface area contributed by atoms with Crippen molar-refractivity contribution in [1.29, 1.82) is 0 Å².